The molecular formula is C23H20IN3O2S. The molecule has 30 heavy (non-hydrogen) atoms. The molecular weight excluding hydrogens is 509 g/mol. The zero-order valence-electron chi connectivity index (χ0n) is 16.7. The van der Waals surface area contributed by atoms with Crippen LogP contribution in [0.3, 0.4) is 0 Å². The van der Waals surface area contributed by atoms with Gasteiger partial charge in [0, 0.05) is 20.6 Å². The van der Waals surface area contributed by atoms with E-state index in [1.165, 1.54) is 9.13 Å². The van der Waals surface area contributed by atoms with E-state index in [1.807, 2.05) is 44.2 Å². The Hall–Kier alpha value is -2.52. The molecule has 4 rings (SSSR count). The van der Waals surface area contributed by atoms with Crippen molar-refractivity contribution in [1.29, 1.82) is 0 Å². The molecule has 2 N–H and O–H groups in total. The number of rotatable bonds is 5. The normalized spacial score (nSPS) is 11.9. The van der Waals surface area contributed by atoms with Crippen LogP contribution < -0.4 is 0 Å². The van der Waals surface area contributed by atoms with E-state index in [0.717, 1.165) is 45.4 Å². The lowest BCUT2D eigenvalue weighted by atomic mass is 10.2. The Morgan fingerprint density at radius 1 is 1.17 bits per heavy atom. The molecule has 0 aliphatic carbocycles. The molecule has 0 radical (unpaired) electrons. The fraction of sp³-hybridized carbons (Fsp3) is 0.130. The maximum Gasteiger partial charge on any atom is 0.342 e. The van der Waals surface area contributed by atoms with Gasteiger partial charge in [0.15, 0.2) is 5.16 Å². The van der Waals surface area contributed by atoms with Crippen molar-refractivity contribution in [3.8, 4) is 5.69 Å². The number of carbonyl (C=O) groups is 1. The Morgan fingerprint density at radius 3 is 2.63 bits per heavy atom. The maximum absolute atomic E-state index is 11.9. The number of imidazole rings is 1. The van der Waals surface area contributed by atoms with Gasteiger partial charge in [0.05, 0.1) is 11.0 Å². The second-order valence-corrected chi connectivity index (χ2v) is 9.26. The number of nitrogens with one attached hydrogen (secondary N) is 1. The summed E-state index contributed by atoms with van der Waals surface area (Å²) in [6.45, 7) is 6.13. The standard InChI is InChI=1S/C23H20IN3O2S/c1-13-8-9-17(12-18(13)24)27-14(2)10-16(15(27)3)11-21(22(28)29)30-23-25-19-6-4-5-7-20(19)26-23/h4-12H,1-3H3,(H,25,26)(H,28,29)/b21-11-. The molecule has 0 bridgehead atoms. The number of carboxylic acid groups (broad SMARTS) is 1. The van der Waals surface area contributed by atoms with Crippen LogP contribution >= 0.6 is 34.4 Å². The summed E-state index contributed by atoms with van der Waals surface area (Å²) in [6.07, 6.45) is 1.72. The lowest BCUT2D eigenvalue weighted by Crippen LogP contribution is -2.01. The van der Waals surface area contributed by atoms with Gasteiger partial charge in [-0.2, -0.15) is 0 Å². The highest BCUT2D eigenvalue weighted by Crippen LogP contribution is 2.31. The van der Waals surface area contributed by atoms with Crippen molar-refractivity contribution in [2.24, 2.45) is 0 Å². The highest BCUT2D eigenvalue weighted by Gasteiger charge is 2.16. The van der Waals surface area contributed by atoms with E-state index in [-0.39, 0.29) is 4.91 Å². The average Bonchev–Trinajstić information content (AvgIpc) is 3.23. The van der Waals surface area contributed by atoms with Crippen LogP contribution in [0.5, 0.6) is 0 Å². The largest absolute Gasteiger partial charge is 0.477 e. The van der Waals surface area contributed by atoms with Gasteiger partial charge in [0.1, 0.15) is 4.91 Å². The summed E-state index contributed by atoms with van der Waals surface area (Å²) >= 11 is 3.46. The third-order valence-electron chi connectivity index (χ3n) is 4.96. The number of hydrogen-bond donors (Lipinski definition) is 2. The third kappa shape index (κ3) is 4.04. The first-order chi connectivity index (χ1) is 14.3. The van der Waals surface area contributed by atoms with E-state index in [1.54, 1.807) is 6.08 Å². The number of aromatic nitrogens is 3. The van der Waals surface area contributed by atoms with Crippen LogP contribution in [0.25, 0.3) is 22.8 Å². The molecule has 0 saturated carbocycles. The van der Waals surface area contributed by atoms with Gasteiger partial charge < -0.3 is 14.7 Å². The number of para-hydroxylation sites is 2. The van der Waals surface area contributed by atoms with Crippen LogP contribution in [0.2, 0.25) is 0 Å². The number of nitrogens with zero attached hydrogens (tertiary/aromatic N) is 2. The second kappa shape index (κ2) is 8.31. The number of hydrogen-bond acceptors (Lipinski definition) is 3. The van der Waals surface area contributed by atoms with Gasteiger partial charge in [-0.05, 0) is 103 Å². The molecule has 2 aromatic heterocycles. The monoisotopic (exact) mass is 529 g/mol. The summed E-state index contributed by atoms with van der Waals surface area (Å²) in [5.74, 6) is -0.977. The number of aromatic amines is 1. The number of carboxylic acids is 1. The van der Waals surface area contributed by atoms with Crippen molar-refractivity contribution in [3.63, 3.8) is 0 Å². The van der Waals surface area contributed by atoms with Crippen LogP contribution in [0.4, 0.5) is 0 Å². The fourth-order valence-corrected chi connectivity index (χ4v) is 4.70. The van der Waals surface area contributed by atoms with Gasteiger partial charge in [-0.15, -0.1) is 0 Å². The molecule has 0 spiro atoms. The topological polar surface area (TPSA) is 70.9 Å². The lowest BCUT2D eigenvalue weighted by molar-refractivity contribution is -0.131. The number of H-pyrrole nitrogens is 1. The molecule has 152 valence electrons. The summed E-state index contributed by atoms with van der Waals surface area (Å²) in [4.78, 5) is 19.8. The van der Waals surface area contributed by atoms with Crippen LogP contribution in [-0.2, 0) is 4.79 Å². The zero-order valence-corrected chi connectivity index (χ0v) is 19.7. The summed E-state index contributed by atoms with van der Waals surface area (Å²) < 4.78 is 3.35. The van der Waals surface area contributed by atoms with Crippen molar-refractivity contribution in [2.75, 3.05) is 0 Å². The maximum atomic E-state index is 11.9. The number of aliphatic carboxylic acids is 1. The Kier molecular flexibility index (Phi) is 5.75. The fourth-order valence-electron chi connectivity index (χ4n) is 3.41. The first-order valence-corrected chi connectivity index (χ1v) is 11.3. The van der Waals surface area contributed by atoms with Crippen LogP contribution in [0.15, 0.2) is 58.6 Å². The third-order valence-corrected chi connectivity index (χ3v) is 7.02. The molecule has 0 fully saturated rings. The number of aryl methyl sites for hydroxylation is 2. The Balaban J connectivity index is 1.72. The summed E-state index contributed by atoms with van der Waals surface area (Å²) in [5, 5.41) is 10.3. The number of thioether (sulfide) groups is 1. The van der Waals surface area contributed by atoms with Crippen molar-refractivity contribution in [3.05, 3.63) is 79.5 Å². The Morgan fingerprint density at radius 2 is 1.93 bits per heavy atom. The van der Waals surface area contributed by atoms with Gasteiger partial charge in [0.2, 0.25) is 0 Å². The quantitative estimate of drug-likeness (QED) is 0.186. The van der Waals surface area contributed by atoms with E-state index in [9.17, 15) is 9.90 Å². The van der Waals surface area contributed by atoms with Gasteiger partial charge in [-0.1, -0.05) is 18.2 Å². The van der Waals surface area contributed by atoms with Crippen LogP contribution in [-0.4, -0.2) is 25.6 Å². The molecule has 2 aromatic carbocycles. The average molecular weight is 529 g/mol. The molecule has 0 aliphatic heterocycles. The Bertz CT molecular complexity index is 1270. The van der Waals surface area contributed by atoms with Crippen LogP contribution in [0, 0.1) is 24.3 Å². The molecule has 0 aliphatic rings. The summed E-state index contributed by atoms with van der Waals surface area (Å²) in [6, 6.07) is 16.0. The van der Waals surface area contributed by atoms with Crippen LogP contribution in [0.1, 0.15) is 22.5 Å². The highest BCUT2D eigenvalue weighted by atomic mass is 127. The van der Waals surface area contributed by atoms with E-state index in [2.05, 4.69) is 62.2 Å². The van der Waals surface area contributed by atoms with Gasteiger partial charge >= 0.3 is 5.97 Å². The Labute approximate surface area is 192 Å². The summed E-state index contributed by atoms with van der Waals surface area (Å²) in [7, 11) is 0. The van der Waals surface area contributed by atoms with E-state index >= 15 is 0 Å². The minimum absolute atomic E-state index is 0.216. The summed E-state index contributed by atoms with van der Waals surface area (Å²) in [5.41, 5.74) is 6.93. The number of benzene rings is 2. The van der Waals surface area contributed by atoms with Crippen molar-refractivity contribution >= 4 is 57.4 Å². The van der Waals surface area contributed by atoms with Gasteiger partial charge in [0.25, 0.3) is 0 Å². The first-order valence-electron chi connectivity index (χ1n) is 9.36. The SMILES string of the molecule is Cc1ccc(-n2c(C)cc(/C=C(\Sc3nc4ccccc4[nH]3)C(=O)O)c2C)cc1I. The number of fused-ring (bicyclic) bond motifs is 1. The zero-order chi connectivity index (χ0) is 21.4. The van der Waals surface area contributed by atoms with Crippen molar-refractivity contribution in [1.82, 2.24) is 14.5 Å². The first kappa shape index (κ1) is 20.7. The lowest BCUT2D eigenvalue weighted by Gasteiger charge is -2.11. The minimum atomic E-state index is -0.977. The number of halogens is 1. The second-order valence-electron chi connectivity index (χ2n) is 7.07. The molecule has 0 saturated heterocycles. The van der Waals surface area contributed by atoms with E-state index < -0.39 is 5.97 Å². The predicted molar refractivity (Wildman–Crippen MR) is 130 cm³/mol. The van der Waals surface area contributed by atoms with Gasteiger partial charge in [-0.3, -0.25) is 0 Å². The van der Waals surface area contributed by atoms with Crippen molar-refractivity contribution in [2.45, 2.75) is 25.9 Å². The van der Waals surface area contributed by atoms with E-state index in [4.69, 9.17) is 0 Å². The highest BCUT2D eigenvalue weighted by molar-refractivity contribution is 14.1. The molecule has 7 heteroatoms. The molecule has 0 atom stereocenters. The molecule has 0 unspecified atom stereocenters. The predicted octanol–water partition coefficient (Wildman–Crippen LogP) is 6.10. The van der Waals surface area contributed by atoms with E-state index in [0.29, 0.717) is 5.16 Å². The molecule has 0 amide bonds. The molecule has 2 heterocycles. The van der Waals surface area contributed by atoms with Gasteiger partial charge in [-0.25, -0.2) is 9.78 Å². The molecule has 5 nitrogen and oxygen atoms in total. The molecule has 4 aromatic rings. The van der Waals surface area contributed by atoms with Crippen molar-refractivity contribution < 1.29 is 9.90 Å². The smallest absolute Gasteiger partial charge is 0.342 e. The minimum Gasteiger partial charge on any atom is -0.477 e.